The number of amides is 1. The van der Waals surface area contributed by atoms with Gasteiger partial charge in [-0.25, -0.2) is 0 Å². The molecule has 2 rings (SSSR count). The van der Waals surface area contributed by atoms with Crippen LogP contribution in [-0.4, -0.2) is 35.7 Å². The van der Waals surface area contributed by atoms with Crippen molar-refractivity contribution in [1.82, 2.24) is 20.8 Å². The van der Waals surface area contributed by atoms with Gasteiger partial charge in [0.05, 0.1) is 0 Å². The Kier molecular flexibility index (Phi) is 6.98. The maximum atomic E-state index is 11.9. The summed E-state index contributed by atoms with van der Waals surface area (Å²) in [5, 5.41) is 12.8. The van der Waals surface area contributed by atoms with Gasteiger partial charge < -0.3 is 15.1 Å². The van der Waals surface area contributed by atoms with Gasteiger partial charge in [0.1, 0.15) is 11.5 Å². The summed E-state index contributed by atoms with van der Waals surface area (Å²) in [6.45, 7) is 6.28. The topological polar surface area (TPSA) is 83.0 Å². The Morgan fingerprint density at radius 3 is 2.81 bits per heavy atom. The van der Waals surface area contributed by atoms with Gasteiger partial charge in [-0.2, -0.15) is 5.10 Å². The second kappa shape index (κ2) is 8.49. The highest BCUT2D eigenvalue weighted by molar-refractivity contribution is 5.93. The molecule has 2 heterocycles. The molecule has 2 aromatic rings. The second-order valence-electron chi connectivity index (χ2n) is 4.58. The molecule has 0 bridgehead atoms. The molecular formula is C14H21ClN4O2. The highest BCUT2D eigenvalue weighted by Gasteiger charge is 2.12. The van der Waals surface area contributed by atoms with Crippen molar-refractivity contribution in [3.05, 3.63) is 29.7 Å². The summed E-state index contributed by atoms with van der Waals surface area (Å²) in [5.74, 6) is 1.32. The maximum absolute atomic E-state index is 11.9. The summed E-state index contributed by atoms with van der Waals surface area (Å²) >= 11 is 0. The first-order valence-corrected chi connectivity index (χ1v) is 6.82. The number of aromatic amines is 1. The van der Waals surface area contributed by atoms with E-state index in [1.165, 1.54) is 0 Å². The van der Waals surface area contributed by atoms with Crippen LogP contribution in [0.1, 0.15) is 29.6 Å². The normalized spacial score (nSPS) is 10.2. The van der Waals surface area contributed by atoms with Gasteiger partial charge in [0.2, 0.25) is 0 Å². The summed E-state index contributed by atoms with van der Waals surface area (Å²) in [4.78, 5) is 11.9. The minimum Gasteiger partial charge on any atom is -0.460 e. The molecule has 0 aliphatic rings. The summed E-state index contributed by atoms with van der Waals surface area (Å²) in [6.07, 6.45) is 1.08. The molecule has 0 radical (unpaired) electrons. The SMILES string of the molecule is CCCNCCNC(=O)c1cc(-c2ccc(C)o2)[nH]n1.Cl. The Hall–Kier alpha value is -1.79. The molecule has 3 N–H and O–H groups in total. The number of nitrogens with one attached hydrogen (secondary N) is 3. The van der Waals surface area contributed by atoms with Crippen LogP contribution < -0.4 is 10.6 Å². The van der Waals surface area contributed by atoms with E-state index in [-0.39, 0.29) is 18.3 Å². The van der Waals surface area contributed by atoms with Gasteiger partial charge in [-0.3, -0.25) is 9.89 Å². The highest BCUT2D eigenvalue weighted by atomic mass is 35.5. The quantitative estimate of drug-likeness (QED) is 0.684. The largest absolute Gasteiger partial charge is 0.460 e. The summed E-state index contributed by atoms with van der Waals surface area (Å²) < 4.78 is 5.48. The first-order chi connectivity index (χ1) is 9.70. The van der Waals surface area contributed by atoms with Gasteiger partial charge in [-0.15, -0.1) is 12.4 Å². The molecule has 0 saturated carbocycles. The van der Waals surface area contributed by atoms with Gasteiger partial charge in [0.15, 0.2) is 11.5 Å². The van der Waals surface area contributed by atoms with E-state index < -0.39 is 0 Å². The van der Waals surface area contributed by atoms with Gasteiger partial charge in [-0.05, 0) is 32.0 Å². The van der Waals surface area contributed by atoms with Crippen LogP contribution in [0, 0.1) is 6.92 Å². The zero-order valence-corrected chi connectivity index (χ0v) is 13.0. The highest BCUT2D eigenvalue weighted by Crippen LogP contribution is 2.20. The fraction of sp³-hybridized carbons (Fsp3) is 0.429. The number of furan rings is 1. The number of H-pyrrole nitrogens is 1. The fourth-order valence-corrected chi connectivity index (χ4v) is 1.80. The monoisotopic (exact) mass is 312 g/mol. The number of nitrogens with zero attached hydrogens (tertiary/aromatic N) is 1. The van der Waals surface area contributed by atoms with Gasteiger partial charge >= 0.3 is 0 Å². The molecule has 6 nitrogen and oxygen atoms in total. The molecule has 0 saturated heterocycles. The molecule has 0 unspecified atom stereocenters. The standard InChI is InChI=1S/C14H20N4O2.ClH/c1-3-6-15-7-8-16-14(19)12-9-11(17-18-12)13-5-4-10(2)20-13;/h4-5,9,15H,3,6-8H2,1-2H3,(H,16,19)(H,17,18);1H. The van der Waals surface area contributed by atoms with Crippen LogP contribution in [0.5, 0.6) is 0 Å². The molecular weight excluding hydrogens is 292 g/mol. The molecule has 2 aromatic heterocycles. The van der Waals surface area contributed by atoms with Gasteiger partial charge in [0.25, 0.3) is 5.91 Å². The average Bonchev–Trinajstić information content (AvgIpc) is 3.06. The average molecular weight is 313 g/mol. The van der Waals surface area contributed by atoms with Crippen molar-refractivity contribution in [3.8, 4) is 11.5 Å². The lowest BCUT2D eigenvalue weighted by molar-refractivity contribution is 0.0949. The lowest BCUT2D eigenvalue weighted by Gasteiger charge is -2.03. The predicted octanol–water partition coefficient (Wildman–Crippen LogP) is 2.13. The second-order valence-corrected chi connectivity index (χ2v) is 4.58. The number of hydrogen-bond donors (Lipinski definition) is 3. The summed E-state index contributed by atoms with van der Waals surface area (Å²) in [6, 6.07) is 5.40. The van der Waals surface area contributed by atoms with E-state index in [1.807, 2.05) is 19.1 Å². The number of halogens is 1. The number of rotatable bonds is 7. The van der Waals surface area contributed by atoms with E-state index in [1.54, 1.807) is 6.07 Å². The molecule has 0 atom stereocenters. The third-order valence-corrected chi connectivity index (χ3v) is 2.83. The van der Waals surface area contributed by atoms with Crippen molar-refractivity contribution in [2.75, 3.05) is 19.6 Å². The molecule has 116 valence electrons. The van der Waals surface area contributed by atoms with E-state index >= 15 is 0 Å². The molecule has 21 heavy (non-hydrogen) atoms. The van der Waals surface area contributed by atoms with Crippen LogP contribution in [0.25, 0.3) is 11.5 Å². The van der Waals surface area contributed by atoms with Crippen molar-refractivity contribution in [2.24, 2.45) is 0 Å². The Balaban J connectivity index is 0.00000220. The van der Waals surface area contributed by atoms with Crippen LogP contribution >= 0.6 is 12.4 Å². The van der Waals surface area contributed by atoms with E-state index in [0.717, 1.165) is 25.3 Å². The third-order valence-electron chi connectivity index (χ3n) is 2.83. The van der Waals surface area contributed by atoms with Crippen molar-refractivity contribution < 1.29 is 9.21 Å². The van der Waals surface area contributed by atoms with Gasteiger partial charge in [0, 0.05) is 19.2 Å². The Labute approximate surface area is 130 Å². The molecule has 0 aliphatic heterocycles. The molecule has 0 fully saturated rings. The third kappa shape index (κ3) is 4.91. The van der Waals surface area contributed by atoms with Crippen LogP contribution in [0.4, 0.5) is 0 Å². The van der Waals surface area contributed by atoms with Gasteiger partial charge in [-0.1, -0.05) is 6.92 Å². The molecule has 0 aliphatic carbocycles. The first kappa shape index (κ1) is 17.3. The van der Waals surface area contributed by atoms with E-state index in [9.17, 15) is 4.79 Å². The number of hydrogen-bond acceptors (Lipinski definition) is 4. The molecule has 0 aromatic carbocycles. The van der Waals surface area contributed by atoms with Crippen LogP contribution in [-0.2, 0) is 0 Å². The molecule has 1 amide bonds. The number of carbonyl (C=O) groups excluding carboxylic acids is 1. The van der Waals surface area contributed by atoms with Crippen LogP contribution in [0.2, 0.25) is 0 Å². The minimum atomic E-state index is -0.186. The Morgan fingerprint density at radius 2 is 2.14 bits per heavy atom. The van der Waals surface area contributed by atoms with Crippen molar-refractivity contribution in [3.63, 3.8) is 0 Å². The van der Waals surface area contributed by atoms with Crippen LogP contribution in [0.15, 0.2) is 22.6 Å². The van der Waals surface area contributed by atoms with E-state index in [2.05, 4.69) is 27.8 Å². The number of carbonyl (C=O) groups is 1. The lowest BCUT2D eigenvalue weighted by atomic mass is 10.3. The predicted molar refractivity (Wildman–Crippen MR) is 83.8 cm³/mol. The Bertz CT molecular complexity index is 565. The summed E-state index contributed by atoms with van der Waals surface area (Å²) in [7, 11) is 0. The van der Waals surface area contributed by atoms with E-state index in [0.29, 0.717) is 23.7 Å². The van der Waals surface area contributed by atoms with Crippen molar-refractivity contribution in [1.29, 1.82) is 0 Å². The number of aromatic nitrogens is 2. The molecule has 0 spiro atoms. The smallest absolute Gasteiger partial charge is 0.271 e. The lowest BCUT2D eigenvalue weighted by Crippen LogP contribution is -2.32. The number of aryl methyl sites for hydroxylation is 1. The van der Waals surface area contributed by atoms with E-state index in [4.69, 9.17) is 4.42 Å². The summed E-state index contributed by atoms with van der Waals surface area (Å²) in [5.41, 5.74) is 1.07. The van der Waals surface area contributed by atoms with Crippen molar-refractivity contribution in [2.45, 2.75) is 20.3 Å². The maximum Gasteiger partial charge on any atom is 0.271 e. The van der Waals surface area contributed by atoms with Crippen molar-refractivity contribution >= 4 is 18.3 Å². The first-order valence-electron chi connectivity index (χ1n) is 6.82. The Morgan fingerprint density at radius 1 is 1.33 bits per heavy atom. The van der Waals surface area contributed by atoms with Crippen LogP contribution in [0.3, 0.4) is 0 Å². The zero-order chi connectivity index (χ0) is 14.4. The molecule has 7 heteroatoms. The minimum absolute atomic E-state index is 0. The fourth-order valence-electron chi connectivity index (χ4n) is 1.80. The zero-order valence-electron chi connectivity index (χ0n) is 12.2.